The third-order valence-electron chi connectivity index (χ3n) is 3.51. The van der Waals surface area contributed by atoms with Crippen molar-refractivity contribution in [3.8, 4) is 0 Å². The average Bonchev–Trinajstić information content (AvgIpc) is 2.83. The van der Waals surface area contributed by atoms with E-state index in [2.05, 4.69) is 24.0 Å². The molecule has 1 atom stereocenters. The number of likely N-dealkylation sites (tertiary alicyclic amines) is 1. The largest absolute Gasteiger partial charge is 0.394 e. The Balaban J connectivity index is 2.28. The summed E-state index contributed by atoms with van der Waals surface area (Å²) in [7, 11) is 0. The van der Waals surface area contributed by atoms with Gasteiger partial charge < -0.3 is 5.11 Å². The van der Waals surface area contributed by atoms with Gasteiger partial charge in [0.25, 0.3) is 0 Å². The Morgan fingerprint density at radius 3 is 2.33 bits per heavy atom. The third-order valence-corrected chi connectivity index (χ3v) is 3.51. The Bertz CT molecular complexity index is 306. The number of benzene rings is 1. The first-order chi connectivity index (χ1) is 7.27. The molecule has 0 unspecified atom stereocenters. The molecular formula is C13H19NO. The van der Waals surface area contributed by atoms with Gasteiger partial charge in [0.15, 0.2) is 0 Å². The van der Waals surface area contributed by atoms with E-state index < -0.39 is 0 Å². The second-order valence-corrected chi connectivity index (χ2v) is 4.49. The third kappa shape index (κ3) is 1.92. The number of aliphatic hydroxyl groups is 1. The summed E-state index contributed by atoms with van der Waals surface area (Å²) in [6.45, 7) is 4.53. The van der Waals surface area contributed by atoms with Gasteiger partial charge in [0.1, 0.15) is 0 Å². The van der Waals surface area contributed by atoms with Gasteiger partial charge >= 0.3 is 0 Å². The van der Waals surface area contributed by atoms with E-state index in [4.69, 9.17) is 0 Å². The van der Waals surface area contributed by atoms with Crippen LogP contribution in [0.5, 0.6) is 0 Å². The zero-order chi connectivity index (χ0) is 10.7. The van der Waals surface area contributed by atoms with E-state index in [1.165, 1.54) is 18.4 Å². The molecule has 1 heterocycles. The normalized spacial score (nSPS) is 21.5. The maximum Gasteiger partial charge on any atom is 0.0665 e. The van der Waals surface area contributed by atoms with Crippen molar-refractivity contribution in [2.45, 2.75) is 25.3 Å². The lowest BCUT2D eigenvalue weighted by molar-refractivity contribution is 0.0600. The molecule has 2 nitrogen and oxygen atoms in total. The highest BCUT2D eigenvalue weighted by Crippen LogP contribution is 2.30. The van der Waals surface area contributed by atoms with Crippen molar-refractivity contribution in [3.63, 3.8) is 0 Å². The van der Waals surface area contributed by atoms with E-state index in [1.54, 1.807) is 0 Å². The lowest BCUT2D eigenvalue weighted by Crippen LogP contribution is -2.45. The first-order valence-corrected chi connectivity index (χ1v) is 5.69. The molecule has 0 radical (unpaired) electrons. The van der Waals surface area contributed by atoms with Crippen LogP contribution in [0.1, 0.15) is 25.3 Å². The Morgan fingerprint density at radius 1 is 1.20 bits per heavy atom. The fraction of sp³-hybridized carbons (Fsp3) is 0.538. The van der Waals surface area contributed by atoms with Crippen molar-refractivity contribution in [1.29, 1.82) is 0 Å². The number of hydrogen-bond acceptors (Lipinski definition) is 2. The molecule has 1 aliphatic heterocycles. The second kappa shape index (κ2) is 4.33. The molecule has 1 aliphatic rings. The minimum atomic E-state index is -0.197. The predicted octanol–water partition coefficient (Wildman–Crippen LogP) is 1.99. The van der Waals surface area contributed by atoms with Crippen LogP contribution >= 0.6 is 0 Å². The molecule has 1 aromatic rings. The molecule has 2 rings (SSSR count). The molecule has 15 heavy (non-hydrogen) atoms. The molecule has 0 spiro atoms. The zero-order valence-electron chi connectivity index (χ0n) is 9.32. The number of rotatable bonds is 3. The van der Waals surface area contributed by atoms with Gasteiger partial charge in [0.05, 0.1) is 12.1 Å². The molecule has 1 saturated heterocycles. The highest BCUT2D eigenvalue weighted by atomic mass is 16.3. The quantitative estimate of drug-likeness (QED) is 0.815. The minimum absolute atomic E-state index is 0.191. The van der Waals surface area contributed by atoms with Gasteiger partial charge in [-0.05, 0) is 38.4 Å². The molecule has 0 aliphatic carbocycles. The Labute approximate surface area is 91.5 Å². The maximum atomic E-state index is 9.66. The van der Waals surface area contributed by atoms with E-state index >= 15 is 0 Å². The smallest absolute Gasteiger partial charge is 0.0665 e. The monoisotopic (exact) mass is 205 g/mol. The summed E-state index contributed by atoms with van der Waals surface area (Å²) < 4.78 is 0. The SMILES string of the molecule is C[C@](CO)(c1ccccc1)N1CCCC1. The molecule has 82 valence electrons. The summed E-state index contributed by atoms with van der Waals surface area (Å²) in [4.78, 5) is 2.39. The molecule has 0 bridgehead atoms. The summed E-state index contributed by atoms with van der Waals surface area (Å²) in [6, 6.07) is 10.3. The molecule has 0 saturated carbocycles. The van der Waals surface area contributed by atoms with E-state index in [-0.39, 0.29) is 12.1 Å². The van der Waals surface area contributed by atoms with E-state index in [0.29, 0.717) is 0 Å². The summed E-state index contributed by atoms with van der Waals surface area (Å²) in [6.07, 6.45) is 2.50. The minimum Gasteiger partial charge on any atom is -0.394 e. The van der Waals surface area contributed by atoms with Crippen LogP contribution in [0.2, 0.25) is 0 Å². The second-order valence-electron chi connectivity index (χ2n) is 4.49. The maximum absolute atomic E-state index is 9.66. The zero-order valence-corrected chi connectivity index (χ0v) is 9.32. The van der Waals surface area contributed by atoms with Crippen molar-refractivity contribution in [3.05, 3.63) is 35.9 Å². The van der Waals surface area contributed by atoms with Crippen LogP contribution in [0.4, 0.5) is 0 Å². The molecule has 1 fully saturated rings. The molecule has 0 aromatic heterocycles. The molecule has 2 heteroatoms. The van der Waals surface area contributed by atoms with Crippen LogP contribution < -0.4 is 0 Å². The van der Waals surface area contributed by atoms with Crippen LogP contribution in [-0.4, -0.2) is 29.7 Å². The molecule has 0 amide bonds. The fourth-order valence-corrected chi connectivity index (χ4v) is 2.38. The van der Waals surface area contributed by atoms with Crippen molar-refractivity contribution < 1.29 is 5.11 Å². The number of nitrogens with zero attached hydrogens (tertiary/aromatic N) is 1. The summed E-state index contributed by atoms with van der Waals surface area (Å²) >= 11 is 0. The van der Waals surface area contributed by atoms with Crippen molar-refractivity contribution in [2.24, 2.45) is 0 Å². The molecule has 1 aromatic carbocycles. The number of hydrogen-bond donors (Lipinski definition) is 1. The van der Waals surface area contributed by atoms with Gasteiger partial charge in [-0.2, -0.15) is 0 Å². The van der Waals surface area contributed by atoms with Gasteiger partial charge in [-0.25, -0.2) is 0 Å². The summed E-state index contributed by atoms with van der Waals surface area (Å²) in [5.41, 5.74) is 1.02. The van der Waals surface area contributed by atoms with Gasteiger partial charge in [0, 0.05) is 0 Å². The van der Waals surface area contributed by atoms with Gasteiger partial charge in [-0.1, -0.05) is 30.3 Å². The summed E-state index contributed by atoms with van der Waals surface area (Å²) in [5, 5.41) is 9.66. The van der Waals surface area contributed by atoms with Crippen LogP contribution in [0.3, 0.4) is 0 Å². The van der Waals surface area contributed by atoms with Gasteiger partial charge in [-0.3, -0.25) is 4.90 Å². The Hall–Kier alpha value is -0.860. The van der Waals surface area contributed by atoms with Crippen LogP contribution in [0.15, 0.2) is 30.3 Å². The van der Waals surface area contributed by atoms with Crippen molar-refractivity contribution in [1.82, 2.24) is 4.90 Å². The highest BCUT2D eigenvalue weighted by molar-refractivity contribution is 5.24. The first kappa shape index (κ1) is 10.7. The first-order valence-electron chi connectivity index (χ1n) is 5.69. The van der Waals surface area contributed by atoms with Crippen LogP contribution in [0, 0.1) is 0 Å². The van der Waals surface area contributed by atoms with Gasteiger partial charge in [-0.15, -0.1) is 0 Å². The van der Waals surface area contributed by atoms with Gasteiger partial charge in [0.2, 0.25) is 0 Å². The standard InChI is InChI=1S/C13H19NO/c1-13(11-15,14-9-5-6-10-14)12-7-3-2-4-8-12/h2-4,7-8,15H,5-6,9-11H2,1H3/t13-/m0/s1. The van der Waals surface area contributed by atoms with Crippen LogP contribution in [0.25, 0.3) is 0 Å². The molecule has 1 N–H and O–H groups in total. The lowest BCUT2D eigenvalue weighted by atomic mass is 9.91. The van der Waals surface area contributed by atoms with E-state index in [1.807, 2.05) is 18.2 Å². The van der Waals surface area contributed by atoms with E-state index in [0.717, 1.165) is 13.1 Å². The molecular weight excluding hydrogens is 186 g/mol. The van der Waals surface area contributed by atoms with Crippen molar-refractivity contribution in [2.75, 3.05) is 19.7 Å². The highest BCUT2D eigenvalue weighted by Gasteiger charge is 2.34. The average molecular weight is 205 g/mol. The Morgan fingerprint density at radius 2 is 1.80 bits per heavy atom. The van der Waals surface area contributed by atoms with Crippen molar-refractivity contribution >= 4 is 0 Å². The summed E-state index contributed by atoms with van der Waals surface area (Å²) in [5.74, 6) is 0. The number of aliphatic hydroxyl groups excluding tert-OH is 1. The predicted molar refractivity (Wildman–Crippen MR) is 61.7 cm³/mol. The van der Waals surface area contributed by atoms with E-state index in [9.17, 15) is 5.11 Å². The fourth-order valence-electron chi connectivity index (χ4n) is 2.38. The van der Waals surface area contributed by atoms with Crippen LogP contribution in [-0.2, 0) is 5.54 Å². The lowest BCUT2D eigenvalue weighted by Gasteiger charge is -2.37. The topological polar surface area (TPSA) is 23.5 Å². The Kier molecular flexibility index (Phi) is 3.08.